The minimum atomic E-state index is -0.264. The van der Waals surface area contributed by atoms with Crippen molar-refractivity contribution < 1.29 is 9.53 Å². The smallest absolute Gasteiger partial charge is 0.228 e. The molecule has 0 saturated carbocycles. The van der Waals surface area contributed by atoms with E-state index in [2.05, 4.69) is 5.32 Å². The first-order chi connectivity index (χ1) is 9.81. The minimum absolute atomic E-state index is 0.123. The number of carbonyl (C=O) groups is 1. The lowest BCUT2D eigenvalue weighted by Crippen LogP contribution is -2.34. The zero-order valence-electron chi connectivity index (χ0n) is 13.0. The first-order valence-electron chi connectivity index (χ1n) is 6.94. The van der Waals surface area contributed by atoms with Crippen LogP contribution >= 0.6 is 11.6 Å². The maximum Gasteiger partial charge on any atom is 0.228 e. The number of amides is 1. The molecular formula is C15H24ClN3O2. The van der Waals surface area contributed by atoms with E-state index in [0.717, 1.165) is 6.54 Å². The standard InChI is InChI=1S/C15H24ClN3O2/c1-10(11(2)17)15(20)18-12-5-6-14(13(16)9-12)21-8-7-19(3)4/h5-6,9-11H,7-8,17H2,1-4H3,(H,18,20). The molecule has 0 saturated heterocycles. The fourth-order valence-corrected chi connectivity index (χ4v) is 1.76. The van der Waals surface area contributed by atoms with Crippen LogP contribution in [0, 0.1) is 5.92 Å². The number of anilines is 1. The van der Waals surface area contributed by atoms with Gasteiger partial charge in [0.15, 0.2) is 0 Å². The lowest BCUT2D eigenvalue weighted by molar-refractivity contribution is -0.119. The Morgan fingerprint density at radius 1 is 1.43 bits per heavy atom. The van der Waals surface area contributed by atoms with Gasteiger partial charge in [-0.25, -0.2) is 0 Å². The molecule has 1 amide bonds. The SMILES string of the molecule is CC(N)C(C)C(=O)Nc1ccc(OCCN(C)C)c(Cl)c1. The van der Waals surface area contributed by atoms with Crippen molar-refractivity contribution in [2.45, 2.75) is 19.9 Å². The van der Waals surface area contributed by atoms with E-state index in [9.17, 15) is 4.79 Å². The van der Waals surface area contributed by atoms with Gasteiger partial charge in [0.25, 0.3) is 0 Å². The lowest BCUT2D eigenvalue weighted by atomic mass is 10.0. The predicted octanol–water partition coefficient (Wildman–Crippen LogP) is 2.20. The van der Waals surface area contributed by atoms with Gasteiger partial charge in [-0.05, 0) is 39.2 Å². The van der Waals surface area contributed by atoms with Crippen LogP contribution in [0.2, 0.25) is 5.02 Å². The average molecular weight is 314 g/mol. The zero-order valence-corrected chi connectivity index (χ0v) is 13.8. The van der Waals surface area contributed by atoms with Crippen LogP contribution in [0.5, 0.6) is 5.75 Å². The molecule has 5 nitrogen and oxygen atoms in total. The Balaban J connectivity index is 2.63. The quantitative estimate of drug-likeness (QED) is 0.810. The highest BCUT2D eigenvalue weighted by Gasteiger charge is 2.17. The van der Waals surface area contributed by atoms with Crippen molar-refractivity contribution in [3.8, 4) is 5.75 Å². The number of ether oxygens (including phenoxy) is 1. The van der Waals surface area contributed by atoms with Crippen molar-refractivity contribution in [1.29, 1.82) is 0 Å². The normalized spacial score (nSPS) is 13.9. The number of halogens is 1. The largest absolute Gasteiger partial charge is 0.491 e. The Hall–Kier alpha value is -1.30. The number of hydrogen-bond donors (Lipinski definition) is 2. The molecular weight excluding hydrogens is 290 g/mol. The number of benzene rings is 1. The predicted molar refractivity (Wildman–Crippen MR) is 86.9 cm³/mol. The van der Waals surface area contributed by atoms with E-state index in [1.54, 1.807) is 32.0 Å². The van der Waals surface area contributed by atoms with Crippen LogP contribution < -0.4 is 15.8 Å². The maximum atomic E-state index is 11.9. The minimum Gasteiger partial charge on any atom is -0.491 e. The molecule has 118 valence electrons. The van der Waals surface area contributed by atoms with Crippen LogP contribution in [0.4, 0.5) is 5.69 Å². The van der Waals surface area contributed by atoms with Gasteiger partial charge in [-0.15, -0.1) is 0 Å². The average Bonchev–Trinajstić information content (AvgIpc) is 2.39. The number of nitrogens with two attached hydrogens (primary N) is 1. The van der Waals surface area contributed by atoms with Gasteiger partial charge in [0.1, 0.15) is 12.4 Å². The summed E-state index contributed by atoms with van der Waals surface area (Å²) < 4.78 is 5.59. The number of likely N-dealkylation sites (N-methyl/N-ethyl adjacent to an activating group) is 1. The summed E-state index contributed by atoms with van der Waals surface area (Å²) in [5.41, 5.74) is 6.35. The van der Waals surface area contributed by atoms with Gasteiger partial charge in [-0.2, -0.15) is 0 Å². The molecule has 1 aromatic carbocycles. The molecule has 0 fully saturated rings. The van der Waals surface area contributed by atoms with Crippen LogP contribution in [0.1, 0.15) is 13.8 Å². The molecule has 0 heterocycles. The van der Waals surface area contributed by atoms with E-state index in [4.69, 9.17) is 22.1 Å². The molecule has 1 rings (SSSR count). The fourth-order valence-electron chi connectivity index (χ4n) is 1.53. The monoisotopic (exact) mass is 313 g/mol. The number of hydrogen-bond acceptors (Lipinski definition) is 4. The van der Waals surface area contributed by atoms with Gasteiger partial charge in [0.2, 0.25) is 5.91 Å². The van der Waals surface area contributed by atoms with Crippen LogP contribution in [-0.4, -0.2) is 44.1 Å². The number of carbonyl (C=O) groups excluding carboxylic acids is 1. The highest BCUT2D eigenvalue weighted by molar-refractivity contribution is 6.32. The molecule has 6 heteroatoms. The summed E-state index contributed by atoms with van der Waals surface area (Å²) >= 11 is 6.16. The molecule has 21 heavy (non-hydrogen) atoms. The van der Waals surface area contributed by atoms with Gasteiger partial charge >= 0.3 is 0 Å². The summed E-state index contributed by atoms with van der Waals surface area (Å²) in [6, 6.07) is 5.00. The van der Waals surface area contributed by atoms with Crippen LogP contribution in [0.3, 0.4) is 0 Å². The molecule has 2 atom stereocenters. The second kappa shape index (κ2) is 8.22. The number of nitrogens with one attached hydrogen (secondary N) is 1. The zero-order chi connectivity index (χ0) is 16.0. The van der Waals surface area contributed by atoms with E-state index in [1.807, 2.05) is 19.0 Å². The van der Waals surface area contributed by atoms with Gasteiger partial charge in [0, 0.05) is 18.3 Å². The van der Waals surface area contributed by atoms with E-state index in [1.165, 1.54) is 0 Å². The van der Waals surface area contributed by atoms with Crippen molar-refractivity contribution >= 4 is 23.2 Å². The Kier molecular flexibility index (Phi) is 6.95. The molecule has 1 aromatic rings. The van der Waals surface area contributed by atoms with Crippen molar-refractivity contribution in [2.75, 3.05) is 32.6 Å². The Bertz CT molecular complexity index is 478. The molecule has 0 aliphatic rings. The highest BCUT2D eigenvalue weighted by atomic mass is 35.5. The third-order valence-corrected chi connectivity index (χ3v) is 3.49. The maximum absolute atomic E-state index is 11.9. The summed E-state index contributed by atoms with van der Waals surface area (Å²) in [5, 5.41) is 3.27. The van der Waals surface area contributed by atoms with Crippen molar-refractivity contribution in [2.24, 2.45) is 11.7 Å². The Morgan fingerprint density at radius 3 is 2.62 bits per heavy atom. The molecule has 3 N–H and O–H groups in total. The number of nitrogens with zero attached hydrogens (tertiary/aromatic N) is 1. The van der Waals surface area contributed by atoms with Gasteiger partial charge in [-0.1, -0.05) is 18.5 Å². The van der Waals surface area contributed by atoms with Gasteiger partial charge in [0.05, 0.1) is 10.9 Å². The third-order valence-electron chi connectivity index (χ3n) is 3.20. The van der Waals surface area contributed by atoms with Crippen molar-refractivity contribution in [1.82, 2.24) is 4.90 Å². The summed E-state index contributed by atoms with van der Waals surface area (Å²) in [4.78, 5) is 14.0. The Labute approximate surface area is 131 Å². The fraction of sp³-hybridized carbons (Fsp3) is 0.533. The topological polar surface area (TPSA) is 67.6 Å². The Morgan fingerprint density at radius 2 is 2.10 bits per heavy atom. The molecule has 0 aliphatic carbocycles. The lowest BCUT2D eigenvalue weighted by Gasteiger charge is -2.16. The molecule has 0 bridgehead atoms. The second-order valence-electron chi connectivity index (χ2n) is 5.43. The molecule has 0 radical (unpaired) electrons. The van der Waals surface area contributed by atoms with Gasteiger partial charge < -0.3 is 20.7 Å². The summed E-state index contributed by atoms with van der Waals surface area (Å²) in [6.45, 7) is 4.96. The van der Waals surface area contributed by atoms with Crippen molar-refractivity contribution in [3.05, 3.63) is 23.2 Å². The third kappa shape index (κ3) is 5.91. The van der Waals surface area contributed by atoms with E-state index < -0.39 is 0 Å². The highest BCUT2D eigenvalue weighted by Crippen LogP contribution is 2.28. The van der Waals surface area contributed by atoms with Crippen LogP contribution in [0.25, 0.3) is 0 Å². The first kappa shape index (κ1) is 17.8. The molecule has 0 aliphatic heterocycles. The second-order valence-corrected chi connectivity index (χ2v) is 5.84. The van der Waals surface area contributed by atoms with Gasteiger partial charge in [-0.3, -0.25) is 4.79 Å². The van der Waals surface area contributed by atoms with Crippen LogP contribution in [0.15, 0.2) is 18.2 Å². The first-order valence-corrected chi connectivity index (χ1v) is 7.32. The van der Waals surface area contributed by atoms with E-state index >= 15 is 0 Å². The summed E-state index contributed by atoms with van der Waals surface area (Å²) in [7, 11) is 3.95. The van der Waals surface area contributed by atoms with E-state index in [0.29, 0.717) is 23.1 Å². The molecule has 2 unspecified atom stereocenters. The van der Waals surface area contributed by atoms with E-state index in [-0.39, 0.29) is 17.9 Å². The number of rotatable bonds is 7. The van der Waals surface area contributed by atoms with Crippen molar-refractivity contribution in [3.63, 3.8) is 0 Å². The molecule has 0 aromatic heterocycles. The molecule has 0 spiro atoms. The van der Waals surface area contributed by atoms with Crippen LogP contribution in [-0.2, 0) is 4.79 Å². The summed E-state index contributed by atoms with van der Waals surface area (Å²) in [6.07, 6.45) is 0. The summed E-state index contributed by atoms with van der Waals surface area (Å²) in [5.74, 6) is 0.221.